The van der Waals surface area contributed by atoms with Gasteiger partial charge in [-0.15, -0.1) is 11.3 Å². The lowest BCUT2D eigenvalue weighted by Crippen LogP contribution is -1.99. The van der Waals surface area contributed by atoms with Crippen molar-refractivity contribution in [3.05, 3.63) is 46.0 Å². The number of anilines is 2. The van der Waals surface area contributed by atoms with Gasteiger partial charge in [0.15, 0.2) is 0 Å². The minimum atomic E-state index is -0.237. The predicted molar refractivity (Wildman–Crippen MR) is 86.1 cm³/mol. The number of aromatic nitrogens is 2. The van der Waals surface area contributed by atoms with E-state index in [1.807, 2.05) is 12.3 Å². The molecule has 0 aliphatic rings. The number of aryl methyl sites for hydroxylation is 1. The molecule has 3 rings (SSSR count). The molecule has 3 aromatic rings. The molecule has 1 aromatic carbocycles. The molecule has 0 bridgehead atoms. The normalized spacial score (nSPS) is 10.8. The summed E-state index contributed by atoms with van der Waals surface area (Å²) < 4.78 is 17.1. The van der Waals surface area contributed by atoms with Gasteiger partial charge in [0.25, 0.3) is 0 Å². The first-order valence-corrected chi connectivity index (χ1v) is 7.95. The third kappa shape index (κ3) is 3.03. The summed E-state index contributed by atoms with van der Waals surface area (Å²) in [7, 11) is 0. The Balaban J connectivity index is 1.81. The molecule has 0 atom stereocenters. The molecule has 0 unspecified atom stereocenters. The molecule has 3 N–H and O–H groups in total. The first-order valence-electron chi connectivity index (χ1n) is 6.29. The molecular formula is C14H13FN4S2. The Morgan fingerprint density at radius 3 is 2.71 bits per heavy atom. The van der Waals surface area contributed by atoms with Crippen LogP contribution in [-0.4, -0.2) is 9.36 Å². The van der Waals surface area contributed by atoms with E-state index in [4.69, 9.17) is 5.73 Å². The standard InChI is InChI=1S/C14H13FN4S2/c1-8-18-11(7-20-8)12-13(16)19-21-14(12)17-6-9-2-4-10(15)5-3-9/h2-5,7,17H,6H2,1H3,(H2,16,19). The number of nitrogens with one attached hydrogen (secondary N) is 1. The second kappa shape index (κ2) is 5.79. The fraction of sp³-hybridized carbons (Fsp3) is 0.143. The van der Waals surface area contributed by atoms with E-state index in [0.29, 0.717) is 12.4 Å². The Bertz CT molecular complexity index is 749. The number of benzene rings is 1. The van der Waals surface area contributed by atoms with Crippen molar-refractivity contribution in [2.24, 2.45) is 0 Å². The largest absolute Gasteiger partial charge is 0.382 e. The Labute approximate surface area is 129 Å². The van der Waals surface area contributed by atoms with Crippen LogP contribution >= 0.6 is 22.9 Å². The first kappa shape index (κ1) is 14.0. The van der Waals surface area contributed by atoms with Crippen LogP contribution in [-0.2, 0) is 6.54 Å². The highest BCUT2D eigenvalue weighted by molar-refractivity contribution is 7.11. The third-order valence-electron chi connectivity index (χ3n) is 2.96. The highest BCUT2D eigenvalue weighted by Gasteiger charge is 2.15. The van der Waals surface area contributed by atoms with Gasteiger partial charge in [0.1, 0.15) is 16.6 Å². The molecule has 0 saturated heterocycles. The zero-order chi connectivity index (χ0) is 14.8. The maximum absolute atomic E-state index is 12.9. The van der Waals surface area contributed by atoms with Crippen LogP contribution in [0.25, 0.3) is 11.3 Å². The molecule has 0 aliphatic heterocycles. The zero-order valence-corrected chi connectivity index (χ0v) is 12.9. The molecular weight excluding hydrogens is 307 g/mol. The van der Waals surface area contributed by atoms with Crippen molar-refractivity contribution in [3.63, 3.8) is 0 Å². The molecule has 0 fully saturated rings. The number of nitrogens with two attached hydrogens (primary N) is 1. The molecule has 0 saturated carbocycles. The van der Waals surface area contributed by atoms with Crippen LogP contribution in [0, 0.1) is 12.7 Å². The summed E-state index contributed by atoms with van der Waals surface area (Å²) in [6, 6.07) is 6.39. The molecule has 108 valence electrons. The van der Waals surface area contributed by atoms with Gasteiger partial charge >= 0.3 is 0 Å². The van der Waals surface area contributed by atoms with Gasteiger partial charge in [-0.25, -0.2) is 9.37 Å². The van der Waals surface area contributed by atoms with Crippen LogP contribution in [0.1, 0.15) is 10.6 Å². The van der Waals surface area contributed by atoms with Crippen molar-refractivity contribution >= 4 is 33.7 Å². The first-order chi connectivity index (χ1) is 10.1. The van der Waals surface area contributed by atoms with Crippen molar-refractivity contribution in [2.45, 2.75) is 13.5 Å². The van der Waals surface area contributed by atoms with Crippen LogP contribution in [0.2, 0.25) is 0 Å². The van der Waals surface area contributed by atoms with E-state index in [1.165, 1.54) is 23.7 Å². The van der Waals surface area contributed by atoms with Crippen molar-refractivity contribution < 1.29 is 4.39 Å². The predicted octanol–water partition coefficient (Wildman–Crippen LogP) is 3.91. The SMILES string of the molecule is Cc1nc(-c2c(N)nsc2NCc2ccc(F)cc2)cs1. The van der Waals surface area contributed by atoms with Gasteiger partial charge in [-0.2, -0.15) is 4.37 Å². The highest BCUT2D eigenvalue weighted by atomic mass is 32.1. The van der Waals surface area contributed by atoms with E-state index in [0.717, 1.165) is 26.8 Å². The summed E-state index contributed by atoms with van der Waals surface area (Å²) in [6.07, 6.45) is 0. The van der Waals surface area contributed by atoms with Crippen LogP contribution in [0.15, 0.2) is 29.6 Å². The van der Waals surface area contributed by atoms with Crippen LogP contribution in [0.4, 0.5) is 15.2 Å². The summed E-state index contributed by atoms with van der Waals surface area (Å²) in [5, 5.41) is 7.13. The van der Waals surface area contributed by atoms with Gasteiger partial charge in [-0.3, -0.25) is 0 Å². The zero-order valence-electron chi connectivity index (χ0n) is 11.3. The maximum Gasteiger partial charge on any atom is 0.148 e. The third-order valence-corrected chi connectivity index (χ3v) is 4.55. The second-order valence-corrected chi connectivity index (χ2v) is 6.34. The molecule has 7 heteroatoms. The Kier molecular flexibility index (Phi) is 3.85. The van der Waals surface area contributed by atoms with Gasteiger partial charge in [-0.05, 0) is 36.2 Å². The quantitative estimate of drug-likeness (QED) is 0.765. The molecule has 0 radical (unpaired) electrons. The van der Waals surface area contributed by atoms with Crippen LogP contribution in [0.5, 0.6) is 0 Å². The van der Waals surface area contributed by atoms with E-state index in [-0.39, 0.29) is 5.82 Å². The smallest absolute Gasteiger partial charge is 0.148 e. The molecule has 0 amide bonds. The van der Waals surface area contributed by atoms with E-state index in [2.05, 4.69) is 14.7 Å². The van der Waals surface area contributed by atoms with Crippen LogP contribution < -0.4 is 11.1 Å². The highest BCUT2D eigenvalue weighted by Crippen LogP contribution is 2.37. The number of hydrogen-bond acceptors (Lipinski definition) is 6. The lowest BCUT2D eigenvalue weighted by Gasteiger charge is -2.06. The lowest BCUT2D eigenvalue weighted by atomic mass is 10.2. The van der Waals surface area contributed by atoms with Crippen molar-refractivity contribution in [1.82, 2.24) is 9.36 Å². The summed E-state index contributed by atoms with van der Waals surface area (Å²) in [6.45, 7) is 2.54. The fourth-order valence-electron chi connectivity index (χ4n) is 1.93. The Hall–Kier alpha value is -1.99. The Morgan fingerprint density at radius 1 is 1.29 bits per heavy atom. The lowest BCUT2D eigenvalue weighted by molar-refractivity contribution is 0.627. The molecule has 4 nitrogen and oxygen atoms in total. The van der Waals surface area contributed by atoms with Crippen LogP contribution in [0.3, 0.4) is 0 Å². The number of nitrogens with zero attached hydrogens (tertiary/aromatic N) is 2. The van der Waals surface area contributed by atoms with E-state index in [1.54, 1.807) is 23.5 Å². The molecule has 0 spiro atoms. The average molecular weight is 320 g/mol. The van der Waals surface area contributed by atoms with Gasteiger partial charge < -0.3 is 11.1 Å². The summed E-state index contributed by atoms with van der Waals surface area (Å²) in [4.78, 5) is 4.46. The Morgan fingerprint density at radius 2 is 2.05 bits per heavy atom. The minimum absolute atomic E-state index is 0.237. The van der Waals surface area contributed by atoms with Gasteiger partial charge in [0.05, 0.1) is 16.3 Å². The summed E-state index contributed by atoms with van der Waals surface area (Å²) in [5.74, 6) is 0.242. The average Bonchev–Trinajstić information content (AvgIpc) is 3.04. The molecule has 21 heavy (non-hydrogen) atoms. The summed E-state index contributed by atoms with van der Waals surface area (Å²) >= 11 is 2.88. The number of rotatable bonds is 4. The van der Waals surface area contributed by atoms with Gasteiger partial charge in [-0.1, -0.05) is 12.1 Å². The minimum Gasteiger partial charge on any atom is -0.382 e. The number of nitrogen functional groups attached to an aromatic ring is 1. The summed E-state index contributed by atoms with van der Waals surface area (Å²) in [5.41, 5.74) is 8.61. The van der Waals surface area contributed by atoms with Crippen molar-refractivity contribution in [3.8, 4) is 11.3 Å². The van der Waals surface area contributed by atoms with Gasteiger partial charge in [0.2, 0.25) is 0 Å². The monoisotopic (exact) mass is 320 g/mol. The maximum atomic E-state index is 12.9. The molecule has 0 aliphatic carbocycles. The topological polar surface area (TPSA) is 63.8 Å². The molecule has 2 aromatic heterocycles. The van der Waals surface area contributed by atoms with E-state index in [9.17, 15) is 4.39 Å². The second-order valence-electron chi connectivity index (χ2n) is 4.50. The number of halogens is 1. The number of thiazole rings is 1. The fourth-order valence-corrected chi connectivity index (χ4v) is 3.26. The van der Waals surface area contributed by atoms with Crippen molar-refractivity contribution in [2.75, 3.05) is 11.1 Å². The molecule has 2 heterocycles. The van der Waals surface area contributed by atoms with Gasteiger partial charge in [0, 0.05) is 11.9 Å². The van der Waals surface area contributed by atoms with Crippen molar-refractivity contribution in [1.29, 1.82) is 0 Å². The van der Waals surface area contributed by atoms with E-state index < -0.39 is 0 Å². The van der Waals surface area contributed by atoms with E-state index >= 15 is 0 Å². The number of hydrogen-bond donors (Lipinski definition) is 2.